The van der Waals surface area contributed by atoms with E-state index in [1.807, 2.05) is 18.3 Å². The first-order valence-electron chi connectivity index (χ1n) is 5.23. The summed E-state index contributed by atoms with van der Waals surface area (Å²) in [7, 11) is 0. The summed E-state index contributed by atoms with van der Waals surface area (Å²) in [4.78, 5) is 7.46. The van der Waals surface area contributed by atoms with Crippen LogP contribution in [-0.2, 0) is 0 Å². The molecular formula is C13H7Cl3N2. The van der Waals surface area contributed by atoms with Crippen molar-refractivity contribution in [2.75, 3.05) is 0 Å². The number of H-pyrrole nitrogens is 1. The van der Waals surface area contributed by atoms with E-state index >= 15 is 0 Å². The quantitative estimate of drug-likeness (QED) is 0.615. The molecule has 2 heterocycles. The van der Waals surface area contributed by atoms with E-state index in [0.29, 0.717) is 15.1 Å². The summed E-state index contributed by atoms with van der Waals surface area (Å²) < 4.78 is 0. The summed E-state index contributed by atoms with van der Waals surface area (Å²) in [6.45, 7) is 0. The molecule has 0 fully saturated rings. The SMILES string of the molecule is Clc1cc(Cl)c(-c2cnc3cc[nH]c3c2)cc1Cl. The molecule has 2 nitrogen and oxygen atoms in total. The van der Waals surface area contributed by atoms with Gasteiger partial charge in [0.25, 0.3) is 0 Å². The fourth-order valence-electron chi connectivity index (χ4n) is 1.83. The molecule has 0 atom stereocenters. The lowest BCUT2D eigenvalue weighted by atomic mass is 10.1. The van der Waals surface area contributed by atoms with E-state index < -0.39 is 0 Å². The van der Waals surface area contributed by atoms with Crippen LogP contribution in [0.3, 0.4) is 0 Å². The van der Waals surface area contributed by atoms with Crippen LogP contribution < -0.4 is 0 Å². The van der Waals surface area contributed by atoms with E-state index in [9.17, 15) is 0 Å². The molecule has 2 aromatic heterocycles. The van der Waals surface area contributed by atoms with E-state index in [2.05, 4.69) is 9.97 Å². The molecule has 0 unspecified atom stereocenters. The van der Waals surface area contributed by atoms with Crippen molar-refractivity contribution in [2.24, 2.45) is 0 Å². The van der Waals surface area contributed by atoms with Crippen LogP contribution in [0, 0.1) is 0 Å². The van der Waals surface area contributed by atoms with Gasteiger partial charge < -0.3 is 4.98 Å². The molecule has 1 N–H and O–H groups in total. The number of fused-ring (bicyclic) bond motifs is 1. The Hall–Kier alpha value is -1.22. The second-order valence-electron chi connectivity index (χ2n) is 3.88. The summed E-state index contributed by atoms with van der Waals surface area (Å²) >= 11 is 18.1. The van der Waals surface area contributed by atoms with Crippen molar-refractivity contribution in [1.29, 1.82) is 0 Å². The van der Waals surface area contributed by atoms with E-state index in [4.69, 9.17) is 34.8 Å². The zero-order valence-electron chi connectivity index (χ0n) is 9.05. The molecule has 0 aliphatic heterocycles. The third-order valence-corrected chi connectivity index (χ3v) is 3.75. The smallest absolute Gasteiger partial charge is 0.0879 e. The Bertz CT molecular complexity index is 734. The number of aromatic amines is 1. The maximum atomic E-state index is 6.18. The summed E-state index contributed by atoms with van der Waals surface area (Å²) in [5.74, 6) is 0. The average molecular weight is 298 g/mol. The third-order valence-electron chi connectivity index (χ3n) is 2.72. The van der Waals surface area contributed by atoms with Gasteiger partial charge in [-0.25, -0.2) is 0 Å². The molecule has 0 bridgehead atoms. The molecule has 18 heavy (non-hydrogen) atoms. The van der Waals surface area contributed by atoms with Crippen LogP contribution in [-0.4, -0.2) is 9.97 Å². The number of benzene rings is 1. The summed E-state index contributed by atoms with van der Waals surface area (Å²) in [5, 5.41) is 1.47. The third kappa shape index (κ3) is 1.97. The first-order chi connectivity index (χ1) is 8.65. The predicted molar refractivity (Wildman–Crippen MR) is 76.6 cm³/mol. The molecule has 3 rings (SSSR count). The van der Waals surface area contributed by atoms with Crippen LogP contribution in [0.1, 0.15) is 0 Å². The Balaban J connectivity index is 2.21. The van der Waals surface area contributed by atoms with Crippen LogP contribution in [0.5, 0.6) is 0 Å². The number of rotatable bonds is 1. The lowest BCUT2D eigenvalue weighted by Crippen LogP contribution is -1.84. The number of hydrogen-bond donors (Lipinski definition) is 1. The number of pyridine rings is 1. The monoisotopic (exact) mass is 296 g/mol. The van der Waals surface area contributed by atoms with Crippen molar-refractivity contribution in [3.8, 4) is 11.1 Å². The number of aromatic nitrogens is 2. The van der Waals surface area contributed by atoms with Crippen LogP contribution in [0.2, 0.25) is 15.1 Å². The second kappa shape index (κ2) is 4.47. The van der Waals surface area contributed by atoms with E-state index in [1.54, 1.807) is 18.3 Å². The van der Waals surface area contributed by atoms with Crippen molar-refractivity contribution in [2.45, 2.75) is 0 Å². The summed E-state index contributed by atoms with van der Waals surface area (Å²) in [6.07, 6.45) is 3.61. The Morgan fingerprint density at radius 3 is 2.56 bits per heavy atom. The van der Waals surface area contributed by atoms with Gasteiger partial charge in [-0.05, 0) is 24.3 Å². The standard InChI is InChI=1S/C13H7Cl3N2/c14-9-5-11(16)10(15)4-8(9)7-3-13-12(18-6-7)1-2-17-13/h1-6,17H. The highest BCUT2D eigenvalue weighted by Crippen LogP contribution is 2.35. The number of hydrogen-bond acceptors (Lipinski definition) is 1. The van der Waals surface area contributed by atoms with E-state index in [1.165, 1.54) is 0 Å². The van der Waals surface area contributed by atoms with Gasteiger partial charge in [-0.15, -0.1) is 0 Å². The van der Waals surface area contributed by atoms with Crippen molar-refractivity contribution in [3.63, 3.8) is 0 Å². The number of nitrogens with one attached hydrogen (secondary N) is 1. The van der Waals surface area contributed by atoms with Gasteiger partial charge in [-0.1, -0.05) is 34.8 Å². The Labute approximate surface area is 119 Å². The maximum absolute atomic E-state index is 6.18. The topological polar surface area (TPSA) is 28.7 Å². The fourth-order valence-corrected chi connectivity index (χ4v) is 2.48. The largest absolute Gasteiger partial charge is 0.360 e. The zero-order chi connectivity index (χ0) is 12.7. The normalized spacial score (nSPS) is 11.1. The lowest BCUT2D eigenvalue weighted by Gasteiger charge is -2.06. The molecule has 0 radical (unpaired) electrons. The summed E-state index contributed by atoms with van der Waals surface area (Å²) in [6, 6.07) is 7.28. The second-order valence-corrected chi connectivity index (χ2v) is 5.10. The Morgan fingerprint density at radius 1 is 0.944 bits per heavy atom. The first-order valence-corrected chi connectivity index (χ1v) is 6.36. The van der Waals surface area contributed by atoms with Crippen LogP contribution in [0.4, 0.5) is 0 Å². The van der Waals surface area contributed by atoms with Crippen molar-refractivity contribution >= 4 is 45.8 Å². The molecule has 0 saturated carbocycles. The lowest BCUT2D eigenvalue weighted by molar-refractivity contribution is 1.40. The van der Waals surface area contributed by atoms with Gasteiger partial charge in [0.05, 0.1) is 26.1 Å². The molecule has 0 saturated heterocycles. The highest BCUT2D eigenvalue weighted by molar-refractivity contribution is 6.44. The van der Waals surface area contributed by atoms with Crippen molar-refractivity contribution < 1.29 is 0 Å². The fraction of sp³-hybridized carbons (Fsp3) is 0. The van der Waals surface area contributed by atoms with Gasteiger partial charge in [-0.2, -0.15) is 0 Å². The van der Waals surface area contributed by atoms with Gasteiger partial charge in [0.2, 0.25) is 0 Å². The maximum Gasteiger partial charge on any atom is 0.0879 e. The molecule has 0 aliphatic carbocycles. The van der Waals surface area contributed by atoms with E-state index in [-0.39, 0.29) is 0 Å². The van der Waals surface area contributed by atoms with E-state index in [0.717, 1.165) is 22.2 Å². The average Bonchev–Trinajstić information content (AvgIpc) is 2.80. The highest BCUT2D eigenvalue weighted by Gasteiger charge is 2.09. The molecular weight excluding hydrogens is 291 g/mol. The zero-order valence-corrected chi connectivity index (χ0v) is 11.3. The van der Waals surface area contributed by atoms with Gasteiger partial charge >= 0.3 is 0 Å². The first kappa shape index (κ1) is 11.8. The molecule has 90 valence electrons. The van der Waals surface area contributed by atoms with Crippen LogP contribution in [0.25, 0.3) is 22.2 Å². The number of nitrogens with zero attached hydrogens (tertiary/aromatic N) is 1. The molecule has 1 aromatic carbocycles. The Kier molecular flexibility index (Phi) is 2.94. The van der Waals surface area contributed by atoms with Gasteiger partial charge in [0.15, 0.2) is 0 Å². The Morgan fingerprint density at radius 2 is 1.72 bits per heavy atom. The molecule has 0 aliphatic rings. The molecule has 5 heteroatoms. The number of halogens is 3. The predicted octanol–water partition coefficient (Wildman–Crippen LogP) is 5.19. The molecule has 0 amide bonds. The van der Waals surface area contributed by atoms with Crippen LogP contribution >= 0.6 is 34.8 Å². The molecule has 0 spiro atoms. The van der Waals surface area contributed by atoms with Crippen molar-refractivity contribution in [3.05, 3.63) is 51.7 Å². The minimum Gasteiger partial charge on any atom is -0.360 e. The minimum atomic E-state index is 0.444. The summed E-state index contributed by atoms with van der Waals surface area (Å²) in [5.41, 5.74) is 3.58. The van der Waals surface area contributed by atoms with Crippen molar-refractivity contribution in [1.82, 2.24) is 9.97 Å². The van der Waals surface area contributed by atoms with Crippen LogP contribution in [0.15, 0.2) is 36.7 Å². The van der Waals surface area contributed by atoms with Gasteiger partial charge in [0, 0.05) is 23.5 Å². The van der Waals surface area contributed by atoms with Gasteiger partial charge in [0.1, 0.15) is 0 Å². The van der Waals surface area contributed by atoms with Gasteiger partial charge in [-0.3, -0.25) is 4.98 Å². The molecule has 3 aromatic rings. The minimum absolute atomic E-state index is 0.444. The highest BCUT2D eigenvalue weighted by atomic mass is 35.5.